The van der Waals surface area contributed by atoms with Crippen molar-refractivity contribution in [2.45, 2.75) is 38.1 Å². The monoisotopic (exact) mass is 287 g/mol. The van der Waals surface area contributed by atoms with Gasteiger partial charge in [-0.2, -0.15) is 0 Å². The quantitative estimate of drug-likeness (QED) is 0.744. The maximum atomic E-state index is 11.6. The molecule has 1 atom stereocenters. The molecule has 2 rings (SSSR count). The van der Waals surface area contributed by atoms with Crippen molar-refractivity contribution in [3.05, 3.63) is 23.3 Å². The molecule has 1 unspecified atom stereocenters. The van der Waals surface area contributed by atoms with Gasteiger partial charge in [0.15, 0.2) is 0 Å². The Balaban J connectivity index is 2.66. The highest BCUT2D eigenvalue weighted by molar-refractivity contribution is 8.13. The lowest BCUT2D eigenvalue weighted by Crippen LogP contribution is -2.33. The van der Waals surface area contributed by atoms with Gasteiger partial charge in [-0.3, -0.25) is 4.79 Å². The van der Waals surface area contributed by atoms with E-state index in [9.17, 15) is 13.2 Å². The zero-order valence-electron chi connectivity index (χ0n) is 10.4. The summed E-state index contributed by atoms with van der Waals surface area (Å²) in [6, 6.07) is 3.34. The van der Waals surface area contributed by atoms with Crippen molar-refractivity contribution >= 4 is 31.3 Å². The number of aryl methyl sites for hydroxylation is 1. The van der Waals surface area contributed by atoms with Gasteiger partial charge in [0.25, 0.3) is 9.05 Å². The summed E-state index contributed by atoms with van der Waals surface area (Å²) in [6.45, 7) is 5.11. The Morgan fingerprint density at radius 3 is 2.56 bits per heavy atom. The molecule has 1 amide bonds. The average molecular weight is 288 g/mol. The van der Waals surface area contributed by atoms with Gasteiger partial charge in [-0.25, -0.2) is 8.42 Å². The number of halogens is 1. The normalized spacial score (nSPS) is 18.9. The van der Waals surface area contributed by atoms with Gasteiger partial charge in [-0.05, 0) is 37.5 Å². The van der Waals surface area contributed by atoms with Crippen molar-refractivity contribution in [2.24, 2.45) is 0 Å². The number of hydrogen-bond donors (Lipinski definition) is 0. The van der Waals surface area contributed by atoms with Gasteiger partial charge >= 0.3 is 0 Å². The minimum Gasteiger partial charge on any atom is -0.309 e. The lowest BCUT2D eigenvalue weighted by Gasteiger charge is -2.21. The molecule has 1 aromatic rings. The Hall–Kier alpha value is -1.07. The fourth-order valence-corrected chi connectivity index (χ4v) is 3.71. The summed E-state index contributed by atoms with van der Waals surface area (Å²) in [7, 11) is 1.61. The third kappa shape index (κ3) is 2.12. The van der Waals surface area contributed by atoms with Gasteiger partial charge in [0.2, 0.25) is 5.91 Å². The van der Waals surface area contributed by atoms with E-state index in [1.807, 2.05) is 6.92 Å². The smallest absolute Gasteiger partial charge is 0.261 e. The lowest BCUT2D eigenvalue weighted by atomic mass is 10.1. The van der Waals surface area contributed by atoms with Gasteiger partial charge in [0.1, 0.15) is 0 Å². The Bertz CT molecular complexity index is 624. The largest absolute Gasteiger partial charge is 0.309 e. The second-order valence-corrected chi connectivity index (χ2v) is 7.16. The second-order valence-electron chi connectivity index (χ2n) is 4.63. The molecule has 0 fully saturated rings. The van der Waals surface area contributed by atoms with Crippen LogP contribution in [0.5, 0.6) is 0 Å². The zero-order valence-corrected chi connectivity index (χ0v) is 12.0. The Kier molecular flexibility index (Phi) is 3.15. The molecule has 1 aromatic carbocycles. The summed E-state index contributed by atoms with van der Waals surface area (Å²) >= 11 is 0. The van der Waals surface area contributed by atoms with Crippen molar-refractivity contribution in [1.29, 1.82) is 0 Å². The Morgan fingerprint density at radius 2 is 2.06 bits per heavy atom. The second kappa shape index (κ2) is 4.24. The summed E-state index contributed by atoms with van der Waals surface area (Å²) in [4.78, 5) is 13.3. The highest BCUT2D eigenvalue weighted by atomic mass is 35.7. The number of fused-ring (bicyclic) bond motifs is 1. The van der Waals surface area contributed by atoms with E-state index < -0.39 is 9.05 Å². The van der Waals surface area contributed by atoms with Crippen LogP contribution in [0.15, 0.2) is 17.0 Å². The van der Waals surface area contributed by atoms with E-state index in [4.69, 9.17) is 10.7 Å². The number of anilines is 1. The van der Waals surface area contributed by atoms with Crippen LogP contribution in [0.2, 0.25) is 0 Å². The predicted octanol–water partition coefficient (Wildman–Crippen LogP) is 2.22. The molecule has 1 heterocycles. The number of nitrogens with zero attached hydrogens (tertiary/aromatic N) is 1. The van der Waals surface area contributed by atoms with Crippen LogP contribution in [0.1, 0.15) is 25.0 Å². The third-order valence-electron chi connectivity index (χ3n) is 3.19. The molecule has 4 nitrogen and oxygen atoms in total. The highest BCUT2D eigenvalue weighted by Gasteiger charge is 2.31. The first-order valence-corrected chi connectivity index (χ1v) is 7.90. The summed E-state index contributed by atoms with van der Waals surface area (Å²) < 4.78 is 22.9. The number of rotatable bonds is 1. The number of carbonyl (C=O) groups excluding carboxylic acids is 1. The fraction of sp³-hybridized carbons (Fsp3) is 0.417. The number of hydrogen-bond acceptors (Lipinski definition) is 3. The molecular formula is C12H14ClNO3S. The molecule has 0 spiro atoms. The molecule has 0 aliphatic carbocycles. The maximum Gasteiger partial charge on any atom is 0.261 e. The minimum absolute atomic E-state index is 0.0465. The summed E-state index contributed by atoms with van der Waals surface area (Å²) in [5.41, 5.74) is 2.25. The van der Waals surface area contributed by atoms with Crippen LogP contribution in [0.25, 0.3) is 0 Å². The highest BCUT2D eigenvalue weighted by Crippen LogP contribution is 2.36. The first-order chi connectivity index (χ1) is 8.21. The van der Waals surface area contributed by atoms with E-state index in [0.717, 1.165) is 12.0 Å². The van der Waals surface area contributed by atoms with E-state index in [-0.39, 0.29) is 16.8 Å². The third-order valence-corrected chi connectivity index (χ3v) is 4.66. The number of carbonyl (C=O) groups is 1. The van der Waals surface area contributed by atoms with Gasteiger partial charge in [0.05, 0.1) is 4.90 Å². The van der Waals surface area contributed by atoms with Crippen LogP contribution in [-0.4, -0.2) is 20.4 Å². The number of amides is 1. The van der Waals surface area contributed by atoms with Crippen molar-refractivity contribution in [1.82, 2.24) is 0 Å². The average Bonchev–Trinajstić information content (AvgIpc) is 2.49. The van der Waals surface area contributed by atoms with Crippen LogP contribution in [0.3, 0.4) is 0 Å². The van der Waals surface area contributed by atoms with E-state index >= 15 is 0 Å². The summed E-state index contributed by atoms with van der Waals surface area (Å²) in [6.07, 6.45) is 0.734. The van der Waals surface area contributed by atoms with Crippen LogP contribution >= 0.6 is 10.7 Å². The van der Waals surface area contributed by atoms with Crippen molar-refractivity contribution < 1.29 is 13.2 Å². The molecule has 0 N–H and O–H groups in total. The topological polar surface area (TPSA) is 54.5 Å². The number of benzene rings is 1. The fourth-order valence-electron chi connectivity index (χ4n) is 2.51. The Morgan fingerprint density at radius 1 is 1.44 bits per heavy atom. The van der Waals surface area contributed by atoms with Crippen LogP contribution in [-0.2, 0) is 20.3 Å². The van der Waals surface area contributed by atoms with Crippen LogP contribution in [0, 0.1) is 6.92 Å². The van der Waals surface area contributed by atoms with Gasteiger partial charge in [-0.1, -0.05) is 6.07 Å². The molecule has 18 heavy (non-hydrogen) atoms. The van der Waals surface area contributed by atoms with Crippen LogP contribution in [0.4, 0.5) is 5.69 Å². The Labute approximate surface area is 111 Å². The van der Waals surface area contributed by atoms with Gasteiger partial charge in [0, 0.05) is 29.3 Å². The molecule has 1 aliphatic heterocycles. The SMILES string of the molecule is CC(=O)N1c2cc(S(=O)(=O)Cl)c(C)cc2CC1C. The molecule has 0 radical (unpaired) electrons. The molecule has 0 saturated carbocycles. The van der Waals surface area contributed by atoms with Crippen molar-refractivity contribution in [3.63, 3.8) is 0 Å². The van der Waals surface area contributed by atoms with Gasteiger partial charge < -0.3 is 4.90 Å². The molecule has 0 bridgehead atoms. The molecule has 1 aliphatic rings. The lowest BCUT2D eigenvalue weighted by molar-refractivity contribution is -0.116. The first-order valence-electron chi connectivity index (χ1n) is 5.60. The maximum absolute atomic E-state index is 11.6. The van der Waals surface area contributed by atoms with Gasteiger partial charge in [-0.15, -0.1) is 0 Å². The standard InChI is InChI=1S/C12H14ClNO3S/c1-7-4-10-5-8(2)14(9(3)15)11(10)6-12(7)18(13,16)17/h4,6,8H,5H2,1-3H3. The van der Waals surface area contributed by atoms with Crippen molar-refractivity contribution in [3.8, 4) is 0 Å². The van der Waals surface area contributed by atoms with E-state index in [1.165, 1.54) is 13.0 Å². The zero-order chi connectivity index (χ0) is 13.7. The first kappa shape index (κ1) is 13.4. The van der Waals surface area contributed by atoms with Crippen molar-refractivity contribution in [2.75, 3.05) is 4.90 Å². The minimum atomic E-state index is -3.79. The molecular weight excluding hydrogens is 274 g/mol. The predicted molar refractivity (Wildman–Crippen MR) is 70.5 cm³/mol. The van der Waals surface area contributed by atoms with E-state index in [1.54, 1.807) is 17.9 Å². The van der Waals surface area contributed by atoms with E-state index in [0.29, 0.717) is 11.3 Å². The molecule has 98 valence electrons. The molecule has 0 saturated heterocycles. The van der Waals surface area contributed by atoms with Crippen LogP contribution < -0.4 is 4.90 Å². The summed E-state index contributed by atoms with van der Waals surface area (Å²) in [5, 5.41) is 0. The van der Waals surface area contributed by atoms with E-state index in [2.05, 4.69) is 0 Å². The molecule has 6 heteroatoms. The molecule has 0 aromatic heterocycles. The summed E-state index contributed by atoms with van der Waals surface area (Å²) in [5.74, 6) is -0.0944.